The molecule has 1 amide bonds. The molecule has 1 rings (SSSR count). The molecule has 3 N–H and O–H groups in total. The summed E-state index contributed by atoms with van der Waals surface area (Å²) < 4.78 is 0. The normalized spacial score (nSPS) is 18.5. The van der Waals surface area contributed by atoms with Crippen molar-refractivity contribution < 1.29 is 4.79 Å². The third-order valence-corrected chi connectivity index (χ3v) is 2.18. The molecule has 0 spiro atoms. The van der Waals surface area contributed by atoms with Crippen molar-refractivity contribution >= 4 is 5.91 Å². The lowest BCUT2D eigenvalue weighted by Crippen LogP contribution is -2.34. The molecule has 1 atom stereocenters. The number of amides is 1. The predicted molar refractivity (Wildman–Crippen MR) is 53.2 cm³/mol. The van der Waals surface area contributed by atoms with Gasteiger partial charge in [0.05, 0.1) is 0 Å². The lowest BCUT2D eigenvalue weighted by atomic mass is 10.2. The van der Waals surface area contributed by atoms with E-state index in [1.807, 2.05) is 6.92 Å². The molecule has 1 aliphatic rings. The van der Waals surface area contributed by atoms with Crippen molar-refractivity contribution in [2.24, 2.45) is 5.73 Å². The highest BCUT2D eigenvalue weighted by Gasteiger charge is 2.08. The van der Waals surface area contributed by atoms with E-state index in [0.717, 1.165) is 12.8 Å². The van der Waals surface area contributed by atoms with Crippen LogP contribution >= 0.6 is 0 Å². The average molecular weight is 182 g/mol. The summed E-state index contributed by atoms with van der Waals surface area (Å²) in [5, 5.41) is 2.77. The number of carbonyl (C=O) groups is 1. The second kappa shape index (κ2) is 5.02. The number of nitrogens with two attached hydrogens (primary N) is 1. The zero-order chi connectivity index (χ0) is 9.68. The van der Waals surface area contributed by atoms with Gasteiger partial charge in [-0.05, 0) is 32.6 Å². The maximum Gasteiger partial charge on any atom is 0.243 e. The van der Waals surface area contributed by atoms with E-state index in [-0.39, 0.29) is 11.9 Å². The Morgan fingerprint density at radius 2 is 2.23 bits per heavy atom. The van der Waals surface area contributed by atoms with Gasteiger partial charge in [0.1, 0.15) is 0 Å². The quantitative estimate of drug-likeness (QED) is 0.638. The van der Waals surface area contributed by atoms with E-state index >= 15 is 0 Å². The fourth-order valence-electron chi connectivity index (χ4n) is 1.47. The van der Waals surface area contributed by atoms with Crippen LogP contribution in [0.1, 0.15) is 32.6 Å². The molecular formula is C10H18N2O. The topological polar surface area (TPSA) is 55.1 Å². The first-order valence-corrected chi connectivity index (χ1v) is 4.91. The highest BCUT2D eigenvalue weighted by atomic mass is 16.1. The van der Waals surface area contributed by atoms with Crippen LogP contribution in [0.4, 0.5) is 0 Å². The van der Waals surface area contributed by atoms with Gasteiger partial charge in [-0.25, -0.2) is 0 Å². The van der Waals surface area contributed by atoms with Crippen molar-refractivity contribution in [3.05, 3.63) is 11.6 Å². The molecule has 3 nitrogen and oxygen atoms in total. The standard InChI is InChI=1S/C10H18N2O/c1-8(11)7-12-10(13)6-9-4-2-3-5-9/h6,8H,2-5,7,11H2,1H3,(H,12,13). The smallest absolute Gasteiger partial charge is 0.243 e. The maximum atomic E-state index is 11.3. The molecule has 74 valence electrons. The molecule has 0 aromatic carbocycles. The summed E-state index contributed by atoms with van der Waals surface area (Å²) in [6.45, 7) is 2.44. The minimum atomic E-state index is 0.00852. The molecule has 3 heteroatoms. The van der Waals surface area contributed by atoms with Crippen LogP contribution in [-0.2, 0) is 4.79 Å². The molecule has 0 saturated heterocycles. The number of hydrogen-bond acceptors (Lipinski definition) is 2. The Bertz CT molecular complexity index is 201. The molecule has 0 aromatic heterocycles. The third-order valence-electron chi connectivity index (χ3n) is 2.18. The first-order valence-electron chi connectivity index (χ1n) is 4.91. The van der Waals surface area contributed by atoms with Crippen molar-refractivity contribution in [3.8, 4) is 0 Å². The summed E-state index contributed by atoms with van der Waals surface area (Å²) in [6.07, 6.45) is 6.37. The summed E-state index contributed by atoms with van der Waals surface area (Å²) in [5.41, 5.74) is 6.79. The van der Waals surface area contributed by atoms with E-state index in [9.17, 15) is 4.79 Å². The molecule has 1 unspecified atom stereocenters. The summed E-state index contributed by atoms with van der Waals surface area (Å²) in [5.74, 6) is 0.00852. The first kappa shape index (κ1) is 10.3. The zero-order valence-electron chi connectivity index (χ0n) is 8.18. The van der Waals surface area contributed by atoms with E-state index in [1.54, 1.807) is 6.08 Å². The lowest BCUT2D eigenvalue weighted by molar-refractivity contribution is -0.116. The Balaban J connectivity index is 2.27. The van der Waals surface area contributed by atoms with Crippen LogP contribution in [0.2, 0.25) is 0 Å². The zero-order valence-corrected chi connectivity index (χ0v) is 8.18. The summed E-state index contributed by atoms with van der Waals surface area (Å²) in [4.78, 5) is 11.3. The van der Waals surface area contributed by atoms with Crippen molar-refractivity contribution in [3.63, 3.8) is 0 Å². The van der Waals surface area contributed by atoms with Crippen LogP contribution in [0.3, 0.4) is 0 Å². The summed E-state index contributed by atoms with van der Waals surface area (Å²) in [7, 11) is 0. The SMILES string of the molecule is CC(N)CNC(=O)C=C1CCCC1. The van der Waals surface area contributed by atoms with Gasteiger partial charge in [0.2, 0.25) is 5.91 Å². The molecule has 0 heterocycles. The van der Waals surface area contributed by atoms with Gasteiger partial charge < -0.3 is 11.1 Å². The van der Waals surface area contributed by atoms with E-state index in [4.69, 9.17) is 5.73 Å². The van der Waals surface area contributed by atoms with Crippen molar-refractivity contribution in [2.45, 2.75) is 38.6 Å². The van der Waals surface area contributed by atoms with Gasteiger partial charge in [-0.15, -0.1) is 0 Å². The van der Waals surface area contributed by atoms with Crippen molar-refractivity contribution in [1.29, 1.82) is 0 Å². The number of nitrogens with one attached hydrogen (secondary N) is 1. The number of allylic oxidation sites excluding steroid dienone is 1. The van der Waals surface area contributed by atoms with Gasteiger partial charge >= 0.3 is 0 Å². The van der Waals surface area contributed by atoms with Crippen molar-refractivity contribution in [2.75, 3.05) is 6.54 Å². The second-order valence-electron chi connectivity index (χ2n) is 3.73. The maximum absolute atomic E-state index is 11.3. The monoisotopic (exact) mass is 182 g/mol. The van der Waals surface area contributed by atoms with Crippen LogP contribution < -0.4 is 11.1 Å². The van der Waals surface area contributed by atoms with Gasteiger partial charge in [0, 0.05) is 18.7 Å². The summed E-state index contributed by atoms with van der Waals surface area (Å²) >= 11 is 0. The van der Waals surface area contributed by atoms with E-state index in [2.05, 4.69) is 5.32 Å². The first-order chi connectivity index (χ1) is 6.18. The lowest BCUT2D eigenvalue weighted by Gasteiger charge is -2.05. The van der Waals surface area contributed by atoms with Gasteiger partial charge in [-0.3, -0.25) is 4.79 Å². The molecule has 0 bridgehead atoms. The summed E-state index contributed by atoms with van der Waals surface area (Å²) in [6, 6.07) is 0.0333. The minimum Gasteiger partial charge on any atom is -0.351 e. The highest BCUT2D eigenvalue weighted by molar-refractivity contribution is 5.88. The average Bonchev–Trinajstić information content (AvgIpc) is 2.53. The Morgan fingerprint density at radius 3 is 2.77 bits per heavy atom. The molecule has 0 aromatic rings. The Hall–Kier alpha value is -0.830. The molecule has 1 fully saturated rings. The Labute approximate surface area is 79.4 Å². The van der Waals surface area contributed by atoms with Gasteiger partial charge in [-0.1, -0.05) is 5.57 Å². The minimum absolute atomic E-state index is 0.00852. The second-order valence-corrected chi connectivity index (χ2v) is 3.73. The third kappa shape index (κ3) is 4.08. The largest absolute Gasteiger partial charge is 0.351 e. The van der Waals surface area contributed by atoms with Gasteiger partial charge in [0.15, 0.2) is 0 Å². The van der Waals surface area contributed by atoms with Crippen LogP contribution in [0, 0.1) is 0 Å². The highest BCUT2D eigenvalue weighted by Crippen LogP contribution is 2.23. The van der Waals surface area contributed by atoms with E-state index < -0.39 is 0 Å². The predicted octanol–water partition coefficient (Wildman–Crippen LogP) is 0.950. The van der Waals surface area contributed by atoms with Crippen LogP contribution in [0.25, 0.3) is 0 Å². The molecule has 0 radical (unpaired) electrons. The molecular weight excluding hydrogens is 164 g/mol. The Kier molecular flexibility index (Phi) is 3.96. The van der Waals surface area contributed by atoms with Crippen LogP contribution in [-0.4, -0.2) is 18.5 Å². The van der Waals surface area contributed by atoms with Crippen LogP contribution in [0.15, 0.2) is 11.6 Å². The van der Waals surface area contributed by atoms with Gasteiger partial charge in [-0.2, -0.15) is 0 Å². The Morgan fingerprint density at radius 1 is 1.62 bits per heavy atom. The van der Waals surface area contributed by atoms with E-state index in [0.29, 0.717) is 6.54 Å². The van der Waals surface area contributed by atoms with Crippen molar-refractivity contribution in [1.82, 2.24) is 5.32 Å². The van der Waals surface area contributed by atoms with Gasteiger partial charge in [0.25, 0.3) is 0 Å². The molecule has 13 heavy (non-hydrogen) atoms. The van der Waals surface area contributed by atoms with Crippen LogP contribution in [0.5, 0.6) is 0 Å². The van der Waals surface area contributed by atoms with E-state index in [1.165, 1.54) is 18.4 Å². The fraction of sp³-hybridized carbons (Fsp3) is 0.700. The molecule has 0 aliphatic heterocycles. The number of carbonyl (C=O) groups excluding carboxylic acids is 1. The number of rotatable bonds is 3. The fourth-order valence-corrected chi connectivity index (χ4v) is 1.47. The number of hydrogen-bond donors (Lipinski definition) is 2. The molecule has 1 aliphatic carbocycles. The molecule has 1 saturated carbocycles.